The summed E-state index contributed by atoms with van der Waals surface area (Å²) in [6.45, 7) is 4.06. The van der Waals surface area contributed by atoms with Crippen molar-refractivity contribution in [3.05, 3.63) is 35.9 Å². The van der Waals surface area contributed by atoms with Gasteiger partial charge in [-0.15, -0.1) is 0 Å². The minimum absolute atomic E-state index is 0.00142. The molecule has 0 bridgehead atoms. The van der Waals surface area contributed by atoms with Gasteiger partial charge in [-0.3, -0.25) is 0 Å². The summed E-state index contributed by atoms with van der Waals surface area (Å²) in [5, 5.41) is 17.7. The van der Waals surface area contributed by atoms with Gasteiger partial charge in [-0.25, -0.2) is 0 Å². The minimum atomic E-state index is -0.00142. The zero-order chi connectivity index (χ0) is 27.9. The average Bonchev–Trinajstić information content (AvgIpc) is 2.96. The molecule has 1 aromatic carbocycles. The molecule has 0 spiro atoms. The summed E-state index contributed by atoms with van der Waals surface area (Å²) in [5.41, 5.74) is 1.19. The van der Waals surface area contributed by atoms with Crippen molar-refractivity contribution in [3.63, 3.8) is 0 Å². The molecular weight excluding hydrogens is 488 g/mol. The van der Waals surface area contributed by atoms with E-state index in [9.17, 15) is 0 Å². The molecule has 1 aromatic rings. The molecule has 0 saturated heterocycles. The molecule has 0 fully saturated rings. The Morgan fingerprint density at radius 3 is 1.36 bits per heavy atom. The molecule has 1 unspecified atom stereocenters. The first-order valence-electron chi connectivity index (χ1n) is 16.4. The van der Waals surface area contributed by atoms with Gasteiger partial charge in [0.1, 0.15) is 6.10 Å². The van der Waals surface area contributed by atoms with Crippen LogP contribution in [0.3, 0.4) is 0 Å². The number of hydrogen-bond donors (Lipinski definition) is 2. The lowest BCUT2D eigenvalue weighted by Crippen LogP contribution is -2.26. The van der Waals surface area contributed by atoms with Gasteiger partial charge >= 0.3 is 0 Å². The fraction of sp³-hybridized carbons (Fsp3) is 0.824. The predicted molar refractivity (Wildman–Crippen MR) is 163 cm³/mol. The maximum atomic E-state index is 8.83. The fourth-order valence-electron chi connectivity index (χ4n) is 4.85. The number of ether oxygens (including phenoxy) is 3. The quantitative estimate of drug-likeness (QED) is 0.0909. The highest BCUT2D eigenvalue weighted by molar-refractivity contribution is 5.13. The Morgan fingerprint density at radius 1 is 0.462 bits per heavy atom. The molecule has 1 rings (SSSR count). The van der Waals surface area contributed by atoms with Crippen molar-refractivity contribution in [2.45, 2.75) is 141 Å². The molecule has 0 radical (unpaired) electrons. The highest BCUT2D eigenvalue weighted by Gasteiger charge is 2.10. The van der Waals surface area contributed by atoms with E-state index >= 15 is 0 Å². The van der Waals surface area contributed by atoms with Gasteiger partial charge in [0.05, 0.1) is 19.8 Å². The standard InChI is InChI=1S/C34H62O5/c35-26-20-13-9-5-1-3-7-11-15-22-28-37-31-34(32-38-30-33-24-18-17-19-25-33)39-29-23-16-12-8-4-2-6-10-14-21-27-36/h17-19,24-25,34-36H,1-16,20-23,26-32H2. The van der Waals surface area contributed by atoms with E-state index in [1.54, 1.807) is 0 Å². The Bertz CT molecular complexity index is 582. The zero-order valence-corrected chi connectivity index (χ0v) is 25.2. The van der Waals surface area contributed by atoms with Crippen molar-refractivity contribution in [2.75, 3.05) is 39.6 Å². The van der Waals surface area contributed by atoms with Crippen molar-refractivity contribution < 1.29 is 24.4 Å². The second-order valence-electron chi connectivity index (χ2n) is 11.1. The molecule has 0 amide bonds. The number of hydrogen-bond acceptors (Lipinski definition) is 5. The summed E-state index contributed by atoms with van der Waals surface area (Å²) in [7, 11) is 0. The van der Waals surface area contributed by atoms with Crippen molar-refractivity contribution in [2.24, 2.45) is 0 Å². The molecule has 0 aliphatic rings. The number of aliphatic hydroxyl groups is 2. The Kier molecular flexibility index (Phi) is 27.7. The van der Waals surface area contributed by atoms with Crippen LogP contribution < -0.4 is 0 Å². The van der Waals surface area contributed by atoms with Gasteiger partial charge in [-0.05, 0) is 31.2 Å². The molecule has 0 heterocycles. The first-order chi connectivity index (χ1) is 19.4. The fourth-order valence-corrected chi connectivity index (χ4v) is 4.85. The molecule has 228 valence electrons. The first-order valence-corrected chi connectivity index (χ1v) is 16.4. The minimum Gasteiger partial charge on any atom is -0.396 e. The van der Waals surface area contributed by atoms with Gasteiger partial charge in [0.2, 0.25) is 0 Å². The lowest BCUT2D eigenvalue weighted by molar-refractivity contribution is -0.0645. The summed E-state index contributed by atoms with van der Waals surface area (Å²) in [5.74, 6) is 0. The molecule has 5 heteroatoms. The highest BCUT2D eigenvalue weighted by atomic mass is 16.6. The molecule has 5 nitrogen and oxygen atoms in total. The van der Waals surface area contributed by atoms with Crippen LogP contribution in [0.25, 0.3) is 0 Å². The first kappa shape index (κ1) is 36.0. The molecule has 2 N–H and O–H groups in total. The molecule has 39 heavy (non-hydrogen) atoms. The Morgan fingerprint density at radius 2 is 0.872 bits per heavy atom. The number of benzene rings is 1. The maximum absolute atomic E-state index is 8.83. The SMILES string of the molecule is OCCCCCCCCCCCCOCC(COCc1ccccc1)OCCCCCCCCCCCCO. The van der Waals surface area contributed by atoms with Crippen molar-refractivity contribution in [1.29, 1.82) is 0 Å². The second-order valence-corrected chi connectivity index (χ2v) is 11.1. The molecule has 1 atom stereocenters. The summed E-state index contributed by atoms with van der Waals surface area (Å²) in [6.07, 6.45) is 24.6. The van der Waals surface area contributed by atoms with E-state index in [1.807, 2.05) is 18.2 Å². The summed E-state index contributed by atoms with van der Waals surface area (Å²) in [4.78, 5) is 0. The van der Waals surface area contributed by atoms with Crippen LogP contribution >= 0.6 is 0 Å². The predicted octanol–water partition coefficient (Wildman–Crippen LogP) is 8.39. The summed E-state index contributed by atoms with van der Waals surface area (Å²) < 4.78 is 18.2. The van der Waals surface area contributed by atoms with E-state index in [0.29, 0.717) is 33.0 Å². The molecule has 0 aliphatic heterocycles. The lowest BCUT2D eigenvalue weighted by atomic mass is 10.1. The van der Waals surface area contributed by atoms with Gasteiger partial charge in [-0.1, -0.05) is 133 Å². The third-order valence-electron chi connectivity index (χ3n) is 7.32. The smallest absolute Gasteiger partial charge is 0.104 e. The maximum Gasteiger partial charge on any atom is 0.104 e. The zero-order valence-electron chi connectivity index (χ0n) is 25.2. The van der Waals surface area contributed by atoms with Crippen LogP contribution in [0.4, 0.5) is 0 Å². The van der Waals surface area contributed by atoms with Gasteiger partial charge in [0.15, 0.2) is 0 Å². The van der Waals surface area contributed by atoms with Crippen LogP contribution in [0.15, 0.2) is 30.3 Å². The third-order valence-corrected chi connectivity index (χ3v) is 7.32. The lowest BCUT2D eigenvalue weighted by Gasteiger charge is -2.18. The second kappa shape index (κ2) is 30.0. The number of unbranched alkanes of at least 4 members (excludes halogenated alkanes) is 18. The van der Waals surface area contributed by atoms with Gasteiger partial charge < -0.3 is 24.4 Å². The van der Waals surface area contributed by atoms with E-state index in [4.69, 9.17) is 24.4 Å². The Labute approximate surface area is 241 Å². The van der Waals surface area contributed by atoms with E-state index in [0.717, 1.165) is 38.9 Å². The van der Waals surface area contributed by atoms with Crippen LogP contribution in [0.1, 0.15) is 134 Å². The van der Waals surface area contributed by atoms with Crippen LogP contribution in [0.2, 0.25) is 0 Å². The van der Waals surface area contributed by atoms with Crippen LogP contribution in [-0.2, 0) is 20.8 Å². The van der Waals surface area contributed by atoms with E-state index in [-0.39, 0.29) is 6.10 Å². The van der Waals surface area contributed by atoms with E-state index < -0.39 is 0 Å². The average molecular weight is 551 g/mol. The number of rotatable bonds is 31. The molecular formula is C34H62O5. The summed E-state index contributed by atoms with van der Waals surface area (Å²) >= 11 is 0. The topological polar surface area (TPSA) is 68.2 Å². The van der Waals surface area contributed by atoms with E-state index in [1.165, 1.54) is 108 Å². The highest BCUT2D eigenvalue weighted by Crippen LogP contribution is 2.12. The van der Waals surface area contributed by atoms with Crippen molar-refractivity contribution in [1.82, 2.24) is 0 Å². The van der Waals surface area contributed by atoms with Crippen molar-refractivity contribution >= 4 is 0 Å². The van der Waals surface area contributed by atoms with Crippen molar-refractivity contribution in [3.8, 4) is 0 Å². The van der Waals surface area contributed by atoms with E-state index in [2.05, 4.69) is 12.1 Å². The van der Waals surface area contributed by atoms with Crippen LogP contribution in [0.5, 0.6) is 0 Å². The molecule has 0 aromatic heterocycles. The van der Waals surface area contributed by atoms with Crippen LogP contribution in [0, 0.1) is 0 Å². The monoisotopic (exact) mass is 550 g/mol. The summed E-state index contributed by atoms with van der Waals surface area (Å²) in [6, 6.07) is 10.3. The van der Waals surface area contributed by atoms with Gasteiger partial charge in [0.25, 0.3) is 0 Å². The normalized spacial score (nSPS) is 12.3. The van der Waals surface area contributed by atoms with Gasteiger partial charge in [-0.2, -0.15) is 0 Å². The van der Waals surface area contributed by atoms with Gasteiger partial charge in [0, 0.05) is 26.4 Å². The molecule has 0 saturated carbocycles. The number of aliphatic hydroxyl groups excluding tert-OH is 2. The molecule has 0 aliphatic carbocycles. The Balaban J connectivity index is 2.08. The van der Waals surface area contributed by atoms with Crippen LogP contribution in [-0.4, -0.2) is 56.0 Å². The third kappa shape index (κ3) is 25.7. The largest absolute Gasteiger partial charge is 0.396 e. The Hall–Kier alpha value is -0.980.